The Labute approximate surface area is 247 Å². The molecule has 2 N–H and O–H groups in total. The van der Waals surface area contributed by atoms with E-state index in [0.29, 0.717) is 12.0 Å². The molecule has 1 aliphatic carbocycles. The second-order valence-corrected chi connectivity index (χ2v) is 11.6. The van der Waals surface area contributed by atoms with Gasteiger partial charge in [0.25, 0.3) is 11.8 Å². The summed E-state index contributed by atoms with van der Waals surface area (Å²) in [7, 11) is 0. The molecule has 4 amide bonds. The second kappa shape index (κ2) is 10.7. The van der Waals surface area contributed by atoms with Gasteiger partial charge >= 0.3 is 0 Å². The van der Waals surface area contributed by atoms with E-state index in [-0.39, 0.29) is 29.9 Å². The summed E-state index contributed by atoms with van der Waals surface area (Å²) in [4.78, 5) is 60.0. The summed E-state index contributed by atoms with van der Waals surface area (Å²) < 4.78 is 2.08. The lowest BCUT2D eigenvalue weighted by Gasteiger charge is -2.35. The SMILES string of the molecule is Cc1nn([C@H]2C[C@@H](CCCNc3ccc4c(c3)C(=O)N(C3CCC(=O)NC3=O)C4=O)C2)cc1-c1cnc2ccccc2n1. The monoisotopic (exact) mass is 577 g/mol. The minimum absolute atomic E-state index is 0.0987. The molecule has 1 saturated heterocycles. The van der Waals surface area contributed by atoms with E-state index in [2.05, 4.69) is 26.5 Å². The summed E-state index contributed by atoms with van der Waals surface area (Å²) in [6, 6.07) is 12.4. The van der Waals surface area contributed by atoms with Crippen LogP contribution in [0.25, 0.3) is 22.3 Å². The van der Waals surface area contributed by atoms with Gasteiger partial charge in [-0.25, -0.2) is 4.98 Å². The Morgan fingerprint density at radius 1 is 0.977 bits per heavy atom. The molecule has 7 rings (SSSR count). The Bertz CT molecular complexity index is 1790. The largest absolute Gasteiger partial charge is 0.385 e. The lowest BCUT2D eigenvalue weighted by atomic mass is 9.77. The van der Waals surface area contributed by atoms with E-state index < -0.39 is 23.8 Å². The van der Waals surface area contributed by atoms with E-state index in [1.54, 1.807) is 18.2 Å². The number of carbonyl (C=O) groups is 4. The number of para-hydroxylation sites is 2. The van der Waals surface area contributed by atoms with Gasteiger partial charge in [0.15, 0.2) is 0 Å². The second-order valence-electron chi connectivity index (χ2n) is 11.6. The third-order valence-electron chi connectivity index (χ3n) is 8.78. The Kier molecular flexibility index (Phi) is 6.72. The minimum atomic E-state index is -0.961. The Balaban J connectivity index is 0.902. The topological polar surface area (TPSA) is 139 Å². The first-order valence-corrected chi connectivity index (χ1v) is 14.7. The number of nitrogens with zero attached hydrogens (tertiary/aromatic N) is 5. The van der Waals surface area contributed by atoms with Crippen molar-refractivity contribution in [2.75, 3.05) is 11.9 Å². The lowest BCUT2D eigenvalue weighted by Crippen LogP contribution is -2.54. The molecule has 2 aliphatic heterocycles. The number of rotatable bonds is 8. The van der Waals surface area contributed by atoms with Crippen LogP contribution in [0.5, 0.6) is 0 Å². The molecule has 43 heavy (non-hydrogen) atoms. The molecule has 2 aromatic heterocycles. The lowest BCUT2D eigenvalue weighted by molar-refractivity contribution is -0.136. The molecule has 2 fully saturated rings. The van der Waals surface area contributed by atoms with Crippen LogP contribution in [0, 0.1) is 12.8 Å². The van der Waals surface area contributed by atoms with Crippen LogP contribution in [-0.2, 0) is 9.59 Å². The number of hydrogen-bond donors (Lipinski definition) is 2. The highest BCUT2D eigenvalue weighted by Gasteiger charge is 2.44. The fraction of sp³-hybridized carbons (Fsp3) is 0.344. The number of benzene rings is 2. The molecular formula is C32H31N7O4. The highest BCUT2D eigenvalue weighted by atomic mass is 16.2. The van der Waals surface area contributed by atoms with Crippen molar-refractivity contribution in [1.29, 1.82) is 0 Å². The van der Waals surface area contributed by atoms with Gasteiger partial charge in [0.1, 0.15) is 6.04 Å². The molecule has 4 aromatic rings. The highest BCUT2D eigenvalue weighted by Crippen LogP contribution is 2.41. The molecule has 1 atom stereocenters. The normalized spacial score (nSPS) is 21.6. The molecule has 11 heteroatoms. The maximum absolute atomic E-state index is 13.1. The number of aromatic nitrogens is 4. The predicted octanol–water partition coefficient (Wildman–Crippen LogP) is 4.05. The number of imide groups is 2. The zero-order chi connectivity index (χ0) is 29.7. The van der Waals surface area contributed by atoms with Crippen molar-refractivity contribution < 1.29 is 19.2 Å². The molecule has 11 nitrogen and oxygen atoms in total. The molecule has 0 radical (unpaired) electrons. The predicted molar refractivity (Wildman–Crippen MR) is 158 cm³/mol. The van der Waals surface area contributed by atoms with E-state index in [0.717, 1.165) is 70.8 Å². The number of hydrogen-bond acceptors (Lipinski definition) is 8. The number of nitrogens with one attached hydrogen (secondary N) is 2. The van der Waals surface area contributed by atoms with Crippen molar-refractivity contribution in [3.63, 3.8) is 0 Å². The maximum Gasteiger partial charge on any atom is 0.262 e. The van der Waals surface area contributed by atoms with Gasteiger partial charge in [-0.15, -0.1) is 0 Å². The van der Waals surface area contributed by atoms with Crippen LogP contribution in [0.2, 0.25) is 0 Å². The molecule has 3 aliphatic rings. The van der Waals surface area contributed by atoms with Crippen molar-refractivity contribution >= 4 is 40.3 Å². The van der Waals surface area contributed by atoms with Crippen LogP contribution in [0.1, 0.15) is 71.0 Å². The van der Waals surface area contributed by atoms with Gasteiger partial charge in [-0.05, 0) is 75.3 Å². The highest BCUT2D eigenvalue weighted by molar-refractivity contribution is 6.23. The van der Waals surface area contributed by atoms with Crippen molar-refractivity contribution in [2.45, 2.75) is 57.5 Å². The number of amides is 4. The van der Waals surface area contributed by atoms with Gasteiger partial charge in [-0.2, -0.15) is 5.10 Å². The van der Waals surface area contributed by atoms with Gasteiger partial charge in [-0.1, -0.05) is 12.1 Å². The molecular weight excluding hydrogens is 546 g/mol. The van der Waals surface area contributed by atoms with Crippen molar-refractivity contribution in [3.8, 4) is 11.3 Å². The average molecular weight is 578 g/mol. The summed E-state index contributed by atoms with van der Waals surface area (Å²) in [5, 5.41) is 10.4. The van der Waals surface area contributed by atoms with E-state index in [1.165, 1.54) is 0 Å². The van der Waals surface area contributed by atoms with Gasteiger partial charge in [-0.3, -0.25) is 39.1 Å². The molecule has 1 unspecified atom stereocenters. The van der Waals surface area contributed by atoms with Gasteiger partial charge in [0, 0.05) is 30.4 Å². The van der Waals surface area contributed by atoms with Gasteiger partial charge < -0.3 is 5.32 Å². The van der Waals surface area contributed by atoms with Crippen LogP contribution >= 0.6 is 0 Å². The summed E-state index contributed by atoms with van der Waals surface area (Å²) in [6.45, 7) is 2.75. The average Bonchev–Trinajstić information content (AvgIpc) is 3.48. The molecule has 0 spiro atoms. The maximum atomic E-state index is 13.1. The third-order valence-corrected chi connectivity index (χ3v) is 8.78. The summed E-state index contributed by atoms with van der Waals surface area (Å²) in [5.41, 5.74) is 5.88. The van der Waals surface area contributed by atoms with Crippen LogP contribution in [0.3, 0.4) is 0 Å². The number of fused-ring (bicyclic) bond motifs is 2. The third kappa shape index (κ3) is 4.94. The fourth-order valence-electron chi connectivity index (χ4n) is 6.36. The van der Waals surface area contributed by atoms with Gasteiger partial charge in [0.05, 0.1) is 45.8 Å². The molecule has 2 aromatic carbocycles. The first-order chi connectivity index (χ1) is 20.9. The van der Waals surface area contributed by atoms with Crippen LogP contribution in [-0.4, -0.2) is 60.9 Å². The quantitative estimate of drug-likeness (QED) is 0.236. The Morgan fingerprint density at radius 3 is 2.58 bits per heavy atom. The van der Waals surface area contributed by atoms with Crippen LogP contribution in [0.4, 0.5) is 5.69 Å². The summed E-state index contributed by atoms with van der Waals surface area (Å²) in [5.74, 6) is -1.36. The number of aryl methyl sites for hydroxylation is 1. The van der Waals surface area contributed by atoms with Crippen molar-refractivity contribution in [3.05, 3.63) is 71.7 Å². The van der Waals surface area contributed by atoms with Crippen molar-refractivity contribution in [1.82, 2.24) is 30.0 Å². The smallest absolute Gasteiger partial charge is 0.262 e. The Morgan fingerprint density at radius 2 is 1.77 bits per heavy atom. The number of piperidine rings is 1. The minimum Gasteiger partial charge on any atom is -0.385 e. The van der Waals surface area contributed by atoms with Crippen LogP contribution in [0.15, 0.2) is 54.9 Å². The Hall–Kier alpha value is -4.93. The zero-order valence-corrected chi connectivity index (χ0v) is 23.7. The zero-order valence-electron chi connectivity index (χ0n) is 23.7. The summed E-state index contributed by atoms with van der Waals surface area (Å²) >= 11 is 0. The van der Waals surface area contributed by atoms with E-state index in [4.69, 9.17) is 10.1 Å². The molecule has 1 saturated carbocycles. The molecule has 218 valence electrons. The fourth-order valence-corrected chi connectivity index (χ4v) is 6.36. The van der Waals surface area contributed by atoms with Crippen LogP contribution < -0.4 is 10.6 Å². The van der Waals surface area contributed by atoms with E-state index in [1.807, 2.05) is 37.4 Å². The number of anilines is 1. The van der Waals surface area contributed by atoms with Crippen molar-refractivity contribution in [2.24, 2.45) is 5.92 Å². The van der Waals surface area contributed by atoms with Gasteiger partial charge in [0.2, 0.25) is 11.8 Å². The molecule has 0 bridgehead atoms. The standard InChI is InChI=1S/C32H31N7O4/c1-18-24(27-16-34-25-6-2-3-7-26(25)35-27)17-38(37-18)21-13-19(14-21)5-4-12-33-20-8-9-22-23(15-20)32(43)39(31(22)42)28-10-11-29(40)36-30(28)41/h2-3,6-9,15-17,19,21,28,33H,4-5,10-14H2,1H3,(H,36,40,41)/t19-,21+,28?. The number of carbonyl (C=O) groups excluding carboxylic acids is 4. The first kappa shape index (κ1) is 26.9. The first-order valence-electron chi connectivity index (χ1n) is 14.7. The van der Waals surface area contributed by atoms with E-state index >= 15 is 0 Å². The molecule has 4 heterocycles. The summed E-state index contributed by atoms with van der Waals surface area (Å²) in [6.07, 6.45) is 8.36. The van der Waals surface area contributed by atoms with E-state index in [9.17, 15) is 19.2 Å².